The van der Waals surface area contributed by atoms with Gasteiger partial charge in [0.15, 0.2) is 11.6 Å². The normalized spacial score (nSPS) is 23.7. The molecule has 6 nitrogen and oxygen atoms in total. The quantitative estimate of drug-likeness (QED) is 0.841. The molecular weight excluding hydrogens is 352 g/mol. The Kier molecular flexibility index (Phi) is 5.76. The van der Waals surface area contributed by atoms with Crippen molar-refractivity contribution in [2.75, 3.05) is 23.3 Å². The molecule has 1 saturated heterocycles. The van der Waals surface area contributed by atoms with E-state index in [0.29, 0.717) is 11.7 Å². The van der Waals surface area contributed by atoms with Gasteiger partial charge in [0, 0.05) is 13.1 Å². The van der Waals surface area contributed by atoms with Crippen LogP contribution in [-0.4, -0.2) is 41.2 Å². The fourth-order valence-corrected chi connectivity index (χ4v) is 4.29. The molecular formula is C22H30N4O2. The summed E-state index contributed by atoms with van der Waals surface area (Å²) < 4.78 is 6.07. The molecule has 4 rings (SSSR count). The number of nitrogens with zero attached hydrogens (tertiary/aromatic N) is 3. The molecule has 0 radical (unpaired) electrons. The molecule has 2 heterocycles. The summed E-state index contributed by atoms with van der Waals surface area (Å²) in [4.78, 5) is 24.6. The van der Waals surface area contributed by atoms with Gasteiger partial charge in [-0.15, -0.1) is 0 Å². The molecule has 1 aromatic carbocycles. The summed E-state index contributed by atoms with van der Waals surface area (Å²) in [6, 6.07) is 7.79. The van der Waals surface area contributed by atoms with Crippen LogP contribution in [0.25, 0.3) is 11.0 Å². The van der Waals surface area contributed by atoms with Gasteiger partial charge in [-0.05, 0) is 50.7 Å². The molecule has 0 spiro atoms. The van der Waals surface area contributed by atoms with E-state index in [9.17, 15) is 4.79 Å². The van der Waals surface area contributed by atoms with E-state index in [1.54, 1.807) is 0 Å². The number of carbonyl (C=O) groups is 1. The van der Waals surface area contributed by atoms with Gasteiger partial charge < -0.3 is 15.0 Å². The van der Waals surface area contributed by atoms with Gasteiger partial charge in [0.25, 0.3) is 5.91 Å². The van der Waals surface area contributed by atoms with Gasteiger partial charge in [-0.3, -0.25) is 4.79 Å². The molecule has 150 valence electrons. The summed E-state index contributed by atoms with van der Waals surface area (Å²) in [7, 11) is 0. The van der Waals surface area contributed by atoms with Crippen molar-refractivity contribution in [3.63, 3.8) is 0 Å². The standard InChI is InChI=1S/C22H30N4O2/c1-15-8-7-9-17(14-15)28-16(2)22(27)25-20-21(26-12-5-6-13-26)24-19-11-4-3-10-18(19)23-20/h3-4,10-11,15-17H,5-9,12-14H2,1-2H3,(H,23,25,27)/t15-,16-,17+/m1/s1. The maximum atomic E-state index is 12.8. The van der Waals surface area contributed by atoms with Crippen LogP contribution in [0.3, 0.4) is 0 Å². The molecule has 1 saturated carbocycles. The second-order valence-corrected chi connectivity index (χ2v) is 8.24. The molecule has 1 aromatic heterocycles. The lowest BCUT2D eigenvalue weighted by atomic mass is 9.88. The number of ether oxygens (including phenoxy) is 1. The zero-order valence-corrected chi connectivity index (χ0v) is 16.9. The first-order valence-electron chi connectivity index (χ1n) is 10.6. The maximum Gasteiger partial charge on any atom is 0.254 e. The van der Waals surface area contributed by atoms with Gasteiger partial charge in [0.2, 0.25) is 0 Å². The minimum atomic E-state index is -0.505. The molecule has 2 fully saturated rings. The Balaban J connectivity index is 1.52. The van der Waals surface area contributed by atoms with E-state index in [1.807, 2.05) is 31.2 Å². The first-order valence-corrected chi connectivity index (χ1v) is 10.6. The Hall–Kier alpha value is -2.21. The van der Waals surface area contributed by atoms with Gasteiger partial charge in [0.1, 0.15) is 6.10 Å². The van der Waals surface area contributed by atoms with Gasteiger partial charge >= 0.3 is 0 Å². The molecule has 3 atom stereocenters. The van der Waals surface area contributed by atoms with Gasteiger partial charge in [-0.2, -0.15) is 0 Å². The molecule has 1 N–H and O–H groups in total. The molecule has 0 unspecified atom stereocenters. The second-order valence-electron chi connectivity index (χ2n) is 8.24. The first-order chi connectivity index (χ1) is 13.6. The molecule has 2 aromatic rings. The van der Waals surface area contributed by atoms with Crippen molar-refractivity contribution in [1.29, 1.82) is 0 Å². The van der Waals surface area contributed by atoms with E-state index in [0.717, 1.165) is 55.6 Å². The average molecular weight is 383 g/mol. The Bertz CT molecular complexity index is 834. The van der Waals surface area contributed by atoms with Crippen LogP contribution >= 0.6 is 0 Å². The lowest BCUT2D eigenvalue weighted by Gasteiger charge is -2.29. The number of rotatable bonds is 5. The summed E-state index contributed by atoms with van der Waals surface area (Å²) in [5.74, 6) is 1.83. The fraction of sp³-hybridized carbons (Fsp3) is 0.591. The summed E-state index contributed by atoms with van der Waals surface area (Å²) in [5.41, 5.74) is 1.64. The smallest absolute Gasteiger partial charge is 0.254 e. The van der Waals surface area contributed by atoms with Gasteiger partial charge in [0.05, 0.1) is 17.1 Å². The fourth-order valence-electron chi connectivity index (χ4n) is 4.29. The Labute approximate surface area is 166 Å². The van der Waals surface area contributed by atoms with Crippen molar-refractivity contribution >= 4 is 28.6 Å². The topological polar surface area (TPSA) is 67.3 Å². The van der Waals surface area contributed by atoms with Crippen LogP contribution in [0.4, 0.5) is 11.6 Å². The number of aromatic nitrogens is 2. The Morgan fingerprint density at radius 1 is 1.14 bits per heavy atom. The van der Waals surface area contributed by atoms with Crippen LogP contribution in [0.1, 0.15) is 52.4 Å². The lowest BCUT2D eigenvalue weighted by Crippen LogP contribution is -2.34. The predicted molar refractivity (Wildman–Crippen MR) is 112 cm³/mol. The number of amides is 1. The van der Waals surface area contributed by atoms with E-state index in [2.05, 4.69) is 17.1 Å². The molecule has 28 heavy (non-hydrogen) atoms. The van der Waals surface area contributed by atoms with Crippen molar-refractivity contribution in [3.05, 3.63) is 24.3 Å². The van der Waals surface area contributed by atoms with Crippen LogP contribution in [-0.2, 0) is 9.53 Å². The number of para-hydroxylation sites is 2. The number of nitrogens with one attached hydrogen (secondary N) is 1. The first kappa shape index (κ1) is 19.1. The molecule has 2 aliphatic rings. The molecule has 0 bridgehead atoms. The summed E-state index contributed by atoms with van der Waals surface area (Å²) >= 11 is 0. The minimum absolute atomic E-state index is 0.150. The monoisotopic (exact) mass is 382 g/mol. The number of benzene rings is 1. The second kappa shape index (κ2) is 8.43. The maximum absolute atomic E-state index is 12.8. The molecule has 1 amide bonds. The number of hydrogen-bond acceptors (Lipinski definition) is 5. The highest BCUT2D eigenvalue weighted by Crippen LogP contribution is 2.29. The third-order valence-electron chi connectivity index (χ3n) is 5.85. The number of carbonyl (C=O) groups excluding carboxylic acids is 1. The summed E-state index contributed by atoms with van der Waals surface area (Å²) in [6.45, 7) is 5.98. The van der Waals surface area contributed by atoms with Crippen LogP contribution < -0.4 is 10.2 Å². The molecule has 1 aliphatic heterocycles. The number of fused-ring (bicyclic) bond motifs is 1. The zero-order valence-electron chi connectivity index (χ0n) is 16.9. The largest absolute Gasteiger partial charge is 0.365 e. The zero-order chi connectivity index (χ0) is 19.5. The van der Waals surface area contributed by atoms with E-state index in [1.165, 1.54) is 12.8 Å². The predicted octanol–water partition coefficient (Wildman–Crippen LogP) is 4.15. The summed E-state index contributed by atoms with van der Waals surface area (Å²) in [6.07, 6.45) is 6.45. The van der Waals surface area contributed by atoms with E-state index in [-0.39, 0.29) is 12.0 Å². The number of hydrogen-bond donors (Lipinski definition) is 1. The average Bonchev–Trinajstić information content (AvgIpc) is 3.22. The Morgan fingerprint density at radius 3 is 2.57 bits per heavy atom. The number of anilines is 2. The van der Waals surface area contributed by atoms with Gasteiger partial charge in [-0.25, -0.2) is 9.97 Å². The van der Waals surface area contributed by atoms with Crippen LogP contribution in [0, 0.1) is 5.92 Å². The van der Waals surface area contributed by atoms with Crippen LogP contribution in [0.15, 0.2) is 24.3 Å². The van der Waals surface area contributed by atoms with E-state index < -0.39 is 6.10 Å². The van der Waals surface area contributed by atoms with Crippen molar-refractivity contribution in [1.82, 2.24) is 9.97 Å². The summed E-state index contributed by atoms with van der Waals surface area (Å²) in [5, 5.41) is 3.00. The van der Waals surface area contributed by atoms with Crippen LogP contribution in [0.5, 0.6) is 0 Å². The highest BCUT2D eigenvalue weighted by Gasteiger charge is 2.26. The van der Waals surface area contributed by atoms with E-state index in [4.69, 9.17) is 14.7 Å². The van der Waals surface area contributed by atoms with Gasteiger partial charge in [-0.1, -0.05) is 31.9 Å². The van der Waals surface area contributed by atoms with Crippen molar-refractivity contribution in [3.8, 4) is 0 Å². The molecule has 6 heteroatoms. The minimum Gasteiger partial charge on any atom is -0.365 e. The molecule has 1 aliphatic carbocycles. The third-order valence-corrected chi connectivity index (χ3v) is 5.85. The highest BCUT2D eigenvalue weighted by molar-refractivity contribution is 5.96. The van der Waals surface area contributed by atoms with E-state index >= 15 is 0 Å². The van der Waals surface area contributed by atoms with Crippen LogP contribution in [0.2, 0.25) is 0 Å². The SMILES string of the molecule is C[C@@H]1CCC[C@H](O[C@H](C)C(=O)Nc2nc3ccccc3nc2N2CCCC2)C1. The Morgan fingerprint density at radius 2 is 1.86 bits per heavy atom. The van der Waals surface area contributed by atoms with Crippen molar-refractivity contribution < 1.29 is 9.53 Å². The highest BCUT2D eigenvalue weighted by atomic mass is 16.5. The third kappa shape index (κ3) is 4.27. The lowest BCUT2D eigenvalue weighted by molar-refractivity contribution is -0.131. The van der Waals surface area contributed by atoms with Crippen molar-refractivity contribution in [2.45, 2.75) is 64.6 Å². The van der Waals surface area contributed by atoms with Crippen molar-refractivity contribution in [2.24, 2.45) is 5.92 Å².